The third-order valence-electron chi connectivity index (χ3n) is 4.60. The molecule has 182 valence electrons. The number of anilines is 1. The minimum absolute atomic E-state index is 0.0257. The SMILES string of the molecule is CCOC(=O)c1c(NC(=O)COC(=O)c2cccnc2Oc2ccccc2)sc(C(=O)NC)c1C. The lowest BCUT2D eigenvalue weighted by atomic mass is 10.1. The highest BCUT2D eigenvalue weighted by molar-refractivity contribution is 7.18. The number of hydrogen-bond donors (Lipinski definition) is 2. The Labute approximate surface area is 205 Å². The van der Waals surface area contributed by atoms with E-state index in [0.717, 1.165) is 11.3 Å². The molecule has 0 fully saturated rings. The number of thiophene rings is 1. The van der Waals surface area contributed by atoms with Crippen molar-refractivity contribution in [1.82, 2.24) is 10.3 Å². The van der Waals surface area contributed by atoms with E-state index in [9.17, 15) is 19.2 Å². The van der Waals surface area contributed by atoms with E-state index in [1.54, 1.807) is 38.1 Å². The van der Waals surface area contributed by atoms with E-state index >= 15 is 0 Å². The van der Waals surface area contributed by atoms with E-state index in [2.05, 4.69) is 15.6 Å². The summed E-state index contributed by atoms with van der Waals surface area (Å²) in [6, 6.07) is 11.8. The van der Waals surface area contributed by atoms with Gasteiger partial charge in [-0.25, -0.2) is 14.6 Å². The van der Waals surface area contributed by atoms with Crippen LogP contribution in [-0.2, 0) is 14.3 Å². The molecule has 2 heterocycles. The van der Waals surface area contributed by atoms with Crippen LogP contribution in [0.1, 0.15) is 42.9 Å². The van der Waals surface area contributed by atoms with Crippen molar-refractivity contribution in [1.29, 1.82) is 0 Å². The number of amides is 2. The highest BCUT2D eigenvalue weighted by Gasteiger charge is 2.26. The fourth-order valence-corrected chi connectivity index (χ4v) is 4.14. The number of pyridine rings is 1. The van der Waals surface area contributed by atoms with Gasteiger partial charge in [-0.15, -0.1) is 11.3 Å². The molecule has 1 aromatic carbocycles. The Kier molecular flexibility index (Phi) is 8.52. The lowest BCUT2D eigenvalue weighted by Gasteiger charge is -2.10. The molecular formula is C24H23N3O7S. The molecule has 0 saturated heterocycles. The van der Waals surface area contributed by atoms with Crippen LogP contribution < -0.4 is 15.4 Å². The quantitative estimate of drug-likeness (QED) is 0.429. The number of esters is 2. The zero-order valence-electron chi connectivity index (χ0n) is 19.2. The van der Waals surface area contributed by atoms with Crippen LogP contribution in [0.5, 0.6) is 11.6 Å². The van der Waals surface area contributed by atoms with Gasteiger partial charge in [-0.3, -0.25) is 9.59 Å². The maximum atomic E-state index is 12.6. The van der Waals surface area contributed by atoms with Gasteiger partial charge in [-0.05, 0) is 43.7 Å². The molecule has 0 saturated carbocycles. The van der Waals surface area contributed by atoms with Crippen molar-refractivity contribution in [2.45, 2.75) is 13.8 Å². The third kappa shape index (κ3) is 6.21. The van der Waals surface area contributed by atoms with Gasteiger partial charge in [0, 0.05) is 13.2 Å². The second-order valence-corrected chi connectivity index (χ2v) is 7.98. The first-order valence-electron chi connectivity index (χ1n) is 10.5. The molecule has 2 amide bonds. The summed E-state index contributed by atoms with van der Waals surface area (Å²) in [7, 11) is 1.46. The highest BCUT2D eigenvalue weighted by atomic mass is 32.1. The number of carbonyl (C=O) groups is 4. The number of carbonyl (C=O) groups excluding carboxylic acids is 4. The third-order valence-corrected chi connectivity index (χ3v) is 5.80. The molecule has 3 rings (SSSR count). The van der Waals surface area contributed by atoms with Crippen LogP contribution in [0.2, 0.25) is 0 Å². The fraction of sp³-hybridized carbons (Fsp3) is 0.208. The van der Waals surface area contributed by atoms with Crippen LogP contribution in [-0.4, -0.2) is 49.0 Å². The molecule has 3 aromatic rings. The number of nitrogens with zero attached hydrogens (tertiary/aromatic N) is 1. The van der Waals surface area contributed by atoms with Crippen molar-refractivity contribution in [3.05, 3.63) is 70.2 Å². The molecule has 0 aliphatic carbocycles. The Morgan fingerprint density at radius 2 is 1.74 bits per heavy atom. The average Bonchev–Trinajstić information content (AvgIpc) is 3.18. The van der Waals surface area contributed by atoms with Gasteiger partial charge < -0.3 is 24.8 Å². The topological polar surface area (TPSA) is 133 Å². The molecule has 35 heavy (non-hydrogen) atoms. The van der Waals surface area contributed by atoms with Crippen molar-refractivity contribution >= 4 is 40.1 Å². The van der Waals surface area contributed by atoms with Crippen molar-refractivity contribution in [3.8, 4) is 11.6 Å². The van der Waals surface area contributed by atoms with Gasteiger partial charge in [0.15, 0.2) is 6.61 Å². The minimum Gasteiger partial charge on any atom is -0.462 e. The predicted molar refractivity (Wildman–Crippen MR) is 128 cm³/mol. The molecule has 0 radical (unpaired) electrons. The fourth-order valence-electron chi connectivity index (χ4n) is 2.98. The standard InChI is InChI=1S/C24H23N3O7S/c1-4-32-24(31)18-14(2)19(20(29)25-3)35-22(18)27-17(28)13-33-23(30)16-11-8-12-26-21(16)34-15-9-6-5-7-10-15/h5-12H,4,13H2,1-3H3,(H,25,29)(H,27,28). The summed E-state index contributed by atoms with van der Waals surface area (Å²) in [6.07, 6.45) is 1.46. The molecule has 0 aliphatic heterocycles. The number of para-hydroxylation sites is 1. The normalized spacial score (nSPS) is 10.3. The molecule has 10 nitrogen and oxygen atoms in total. The van der Waals surface area contributed by atoms with Crippen molar-refractivity contribution in [2.75, 3.05) is 25.6 Å². The second kappa shape index (κ2) is 11.7. The van der Waals surface area contributed by atoms with Gasteiger partial charge in [0.05, 0.1) is 17.0 Å². The summed E-state index contributed by atoms with van der Waals surface area (Å²) in [6.45, 7) is 2.70. The number of hydrogen-bond acceptors (Lipinski definition) is 9. The lowest BCUT2D eigenvalue weighted by molar-refractivity contribution is -0.119. The van der Waals surface area contributed by atoms with E-state index in [1.807, 2.05) is 6.07 Å². The van der Waals surface area contributed by atoms with E-state index in [1.165, 1.54) is 25.4 Å². The average molecular weight is 498 g/mol. The predicted octanol–water partition coefficient (Wildman–Crippen LogP) is 3.58. The van der Waals surface area contributed by atoms with Gasteiger partial charge in [-0.1, -0.05) is 18.2 Å². The summed E-state index contributed by atoms with van der Waals surface area (Å²) in [4.78, 5) is 54.0. The number of benzene rings is 1. The van der Waals surface area contributed by atoms with Crippen LogP contribution in [0.3, 0.4) is 0 Å². The first kappa shape index (κ1) is 25.4. The molecule has 0 unspecified atom stereocenters. The van der Waals surface area contributed by atoms with Gasteiger partial charge in [-0.2, -0.15) is 0 Å². The minimum atomic E-state index is -0.821. The summed E-state index contributed by atoms with van der Waals surface area (Å²) in [5.41, 5.74) is 0.476. The monoisotopic (exact) mass is 497 g/mol. The smallest absolute Gasteiger partial charge is 0.344 e. The molecular weight excluding hydrogens is 474 g/mol. The maximum Gasteiger partial charge on any atom is 0.344 e. The Morgan fingerprint density at radius 3 is 2.43 bits per heavy atom. The molecule has 2 aromatic heterocycles. The van der Waals surface area contributed by atoms with Gasteiger partial charge in [0.2, 0.25) is 5.88 Å². The Morgan fingerprint density at radius 1 is 1.00 bits per heavy atom. The van der Waals surface area contributed by atoms with E-state index in [4.69, 9.17) is 14.2 Å². The Hall–Kier alpha value is -4.25. The number of nitrogens with one attached hydrogen (secondary N) is 2. The van der Waals surface area contributed by atoms with Crippen LogP contribution >= 0.6 is 11.3 Å². The summed E-state index contributed by atoms with van der Waals surface area (Å²) in [5, 5.41) is 5.13. The van der Waals surface area contributed by atoms with Crippen molar-refractivity contribution < 1.29 is 33.4 Å². The number of rotatable bonds is 9. The van der Waals surface area contributed by atoms with Gasteiger partial charge >= 0.3 is 11.9 Å². The largest absolute Gasteiger partial charge is 0.462 e. The molecule has 0 atom stereocenters. The van der Waals surface area contributed by atoms with Crippen LogP contribution in [0, 0.1) is 6.92 Å². The Balaban J connectivity index is 1.72. The van der Waals surface area contributed by atoms with Gasteiger partial charge in [0.25, 0.3) is 11.8 Å². The molecule has 2 N–H and O–H groups in total. The maximum absolute atomic E-state index is 12.6. The van der Waals surface area contributed by atoms with E-state index in [-0.39, 0.29) is 33.5 Å². The molecule has 0 spiro atoms. The highest BCUT2D eigenvalue weighted by Crippen LogP contribution is 2.34. The molecule has 11 heteroatoms. The van der Waals surface area contributed by atoms with E-state index < -0.39 is 30.4 Å². The summed E-state index contributed by atoms with van der Waals surface area (Å²) >= 11 is 0.920. The van der Waals surface area contributed by atoms with Crippen molar-refractivity contribution in [2.24, 2.45) is 0 Å². The molecule has 0 bridgehead atoms. The zero-order chi connectivity index (χ0) is 25.4. The first-order valence-corrected chi connectivity index (χ1v) is 11.3. The van der Waals surface area contributed by atoms with Crippen LogP contribution in [0.25, 0.3) is 0 Å². The molecule has 0 aliphatic rings. The van der Waals surface area contributed by atoms with Crippen LogP contribution in [0.4, 0.5) is 5.00 Å². The number of ether oxygens (including phenoxy) is 3. The summed E-state index contributed by atoms with van der Waals surface area (Å²) < 4.78 is 15.8. The summed E-state index contributed by atoms with van der Waals surface area (Å²) in [5.74, 6) is -2.11. The lowest BCUT2D eigenvalue weighted by Crippen LogP contribution is -2.22. The van der Waals surface area contributed by atoms with Crippen molar-refractivity contribution in [3.63, 3.8) is 0 Å². The van der Waals surface area contributed by atoms with E-state index in [0.29, 0.717) is 11.3 Å². The Bertz CT molecular complexity index is 1240. The first-order chi connectivity index (χ1) is 16.8. The van der Waals surface area contributed by atoms with Gasteiger partial charge in [0.1, 0.15) is 16.3 Å². The zero-order valence-corrected chi connectivity index (χ0v) is 20.1. The van der Waals surface area contributed by atoms with Crippen LogP contribution in [0.15, 0.2) is 48.7 Å². The number of aromatic nitrogens is 1. The second-order valence-electron chi connectivity index (χ2n) is 6.96.